The predicted octanol–water partition coefficient (Wildman–Crippen LogP) is 6.10. The number of carbonyl (C=O) groups is 1. The van der Waals surface area contributed by atoms with E-state index in [9.17, 15) is 4.79 Å². The number of ether oxygens (including phenoxy) is 1. The lowest BCUT2D eigenvalue weighted by atomic mass is 10.0. The zero-order valence-corrected chi connectivity index (χ0v) is 18.5. The topological polar surface area (TPSA) is 55.3 Å². The minimum absolute atomic E-state index is 0.102. The molecule has 0 atom stereocenters. The Bertz CT molecular complexity index is 960. The molecular weight excluding hydrogens is 386 g/mol. The predicted molar refractivity (Wildman–Crippen MR) is 125 cm³/mol. The van der Waals surface area contributed by atoms with Crippen molar-refractivity contribution >= 4 is 17.6 Å². The van der Waals surface area contributed by atoms with E-state index in [1.54, 1.807) is 0 Å². The molecular formula is C26H31N3O2. The maximum Gasteiger partial charge on any atom is 0.305 e. The number of nitrogens with zero attached hydrogens (tertiary/aromatic N) is 3. The van der Waals surface area contributed by atoms with E-state index < -0.39 is 0 Å². The normalized spacial score (nSPS) is 10.6. The van der Waals surface area contributed by atoms with Gasteiger partial charge in [-0.2, -0.15) is 0 Å². The number of aryl methyl sites for hydroxylation is 1. The van der Waals surface area contributed by atoms with Gasteiger partial charge in [-0.15, -0.1) is 0 Å². The Labute approximate surface area is 185 Å². The molecule has 3 aromatic rings. The molecule has 0 fully saturated rings. The van der Waals surface area contributed by atoms with Crippen molar-refractivity contribution in [3.8, 4) is 11.1 Å². The van der Waals surface area contributed by atoms with Crippen LogP contribution in [-0.4, -0.2) is 29.1 Å². The molecule has 0 spiro atoms. The molecule has 0 aliphatic carbocycles. The third-order valence-corrected chi connectivity index (χ3v) is 5.12. The summed E-state index contributed by atoms with van der Waals surface area (Å²) in [4.78, 5) is 22.9. The second kappa shape index (κ2) is 11.8. The first-order chi connectivity index (χ1) is 15.2. The van der Waals surface area contributed by atoms with E-state index in [4.69, 9.17) is 4.74 Å². The number of benzene rings is 1. The molecule has 0 amide bonds. The minimum atomic E-state index is -0.102. The Hall–Kier alpha value is -3.21. The van der Waals surface area contributed by atoms with Gasteiger partial charge in [0, 0.05) is 25.4 Å². The second-order valence-electron chi connectivity index (χ2n) is 7.58. The molecule has 0 N–H and O–H groups in total. The van der Waals surface area contributed by atoms with Crippen LogP contribution in [0.3, 0.4) is 0 Å². The van der Waals surface area contributed by atoms with Gasteiger partial charge in [0.05, 0.1) is 6.61 Å². The van der Waals surface area contributed by atoms with Crippen molar-refractivity contribution in [1.29, 1.82) is 0 Å². The smallest absolute Gasteiger partial charge is 0.305 e. The molecule has 162 valence electrons. The first-order valence-electron chi connectivity index (χ1n) is 11.0. The van der Waals surface area contributed by atoms with E-state index in [-0.39, 0.29) is 5.97 Å². The fourth-order valence-corrected chi connectivity index (χ4v) is 3.56. The fourth-order valence-electron chi connectivity index (χ4n) is 3.56. The minimum Gasteiger partial charge on any atom is -0.466 e. The van der Waals surface area contributed by atoms with Crippen LogP contribution < -0.4 is 4.90 Å². The molecule has 3 rings (SSSR count). The Morgan fingerprint density at radius 3 is 2.45 bits per heavy atom. The number of hydrogen-bond donors (Lipinski definition) is 0. The summed E-state index contributed by atoms with van der Waals surface area (Å²) in [6, 6.07) is 18.6. The summed E-state index contributed by atoms with van der Waals surface area (Å²) >= 11 is 0. The molecule has 0 bridgehead atoms. The summed E-state index contributed by atoms with van der Waals surface area (Å²) in [6.45, 7) is 5.22. The van der Waals surface area contributed by atoms with Crippen LogP contribution in [0.4, 0.5) is 11.6 Å². The van der Waals surface area contributed by atoms with Crippen LogP contribution in [0.1, 0.15) is 44.6 Å². The summed E-state index contributed by atoms with van der Waals surface area (Å²) in [6.07, 6.45) is 8.08. The monoisotopic (exact) mass is 417 g/mol. The van der Waals surface area contributed by atoms with Gasteiger partial charge in [-0.05, 0) is 62.1 Å². The Kier molecular flexibility index (Phi) is 8.59. The standard InChI is InChI=1S/C26H31N3O2/c1-3-31-26(30)14-6-4-5-9-18-29(24-13-7-8-16-27-24)25-20-23(15-17-28-25)22-12-10-11-21(2)19-22/h7-8,10-13,15-17,19-20H,3-6,9,14,18H2,1-2H3. The number of esters is 1. The van der Waals surface area contributed by atoms with Gasteiger partial charge >= 0.3 is 5.97 Å². The van der Waals surface area contributed by atoms with Gasteiger partial charge < -0.3 is 9.64 Å². The number of unbranched alkanes of at least 4 members (excludes halogenated alkanes) is 3. The van der Waals surface area contributed by atoms with Crippen LogP contribution in [0, 0.1) is 6.92 Å². The number of pyridine rings is 2. The summed E-state index contributed by atoms with van der Waals surface area (Å²) in [5.74, 6) is 1.68. The zero-order valence-electron chi connectivity index (χ0n) is 18.5. The van der Waals surface area contributed by atoms with E-state index in [1.807, 2.05) is 43.6 Å². The van der Waals surface area contributed by atoms with Crippen LogP contribution in [0.2, 0.25) is 0 Å². The first-order valence-corrected chi connectivity index (χ1v) is 11.0. The lowest BCUT2D eigenvalue weighted by Gasteiger charge is -2.23. The molecule has 2 heterocycles. The van der Waals surface area contributed by atoms with E-state index >= 15 is 0 Å². The maximum atomic E-state index is 11.5. The fraction of sp³-hybridized carbons (Fsp3) is 0.346. The number of aromatic nitrogens is 2. The average molecular weight is 418 g/mol. The van der Waals surface area contributed by atoms with Gasteiger partial charge in [0.15, 0.2) is 0 Å². The lowest BCUT2D eigenvalue weighted by Crippen LogP contribution is -2.20. The van der Waals surface area contributed by atoms with Gasteiger partial charge in [-0.3, -0.25) is 4.79 Å². The van der Waals surface area contributed by atoms with Gasteiger partial charge in [0.25, 0.3) is 0 Å². The van der Waals surface area contributed by atoms with Crippen molar-refractivity contribution in [2.45, 2.75) is 46.0 Å². The molecule has 0 unspecified atom stereocenters. The summed E-state index contributed by atoms with van der Waals surface area (Å²) in [7, 11) is 0. The van der Waals surface area contributed by atoms with Gasteiger partial charge in [0.2, 0.25) is 0 Å². The van der Waals surface area contributed by atoms with Crippen molar-refractivity contribution in [1.82, 2.24) is 9.97 Å². The van der Waals surface area contributed by atoms with E-state index in [1.165, 1.54) is 11.1 Å². The summed E-state index contributed by atoms with van der Waals surface area (Å²) < 4.78 is 4.99. The Morgan fingerprint density at radius 1 is 0.871 bits per heavy atom. The third kappa shape index (κ3) is 6.92. The van der Waals surface area contributed by atoms with Crippen LogP contribution in [-0.2, 0) is 9.53 Å². The summed E-state index contributed by atoms with van der Waals surface area (Å²) in [5.41, 5.74) is 3.56. The second-order valence-corrected chi connectivity index (χ2v) is 7.58. The van der Waals surface area contributed by atoms with E-state index in [0.717, 1.165) is 49.4 Å². The quantitative estimate of drug-likeness (QED) is 0.278. The average Bonchev–Trinajstić information content (AvgIpc) is 2.79. The van der Waals surface area contributed by atoms with Crippen molar-refractivity contribution in [2.75, 3.05) is 18.1 Å². The van der Waals surface area contributed by atoms with Crippen molar-refractivity contribution in [2.24, 2.45) is 0 Å². The molecule has 0 saturated carbocycles. The van der Waals surface area contributed by atoms with Crippen molar-refractivity contribution in [3.05, 3.63) is 72.6 Å². The first kappa shape index (κ1) is 22.5. The van der Waals surface area contributed by atoms with Crippen LogP contribution in [0.15, 0.2) is 67.0 Å². The molecule has 0 saturated heterocycles. The summed E-state index contributed by atoms with van der Waals surface area (Å²) in [5, 5.41) is 0. The molecule has 0 aliphatic heterocycles. The highest BCUT2D eigenvalue weighted by Gasteiger charge is 2.13. The van der Waals surface area contributed by atoms with Gasteiger partial charge in [-0.1, -0.05) is 48.7 Å². The SMILES string of the molecule is CCOC(=O)CCCCCCN(c1ccccn1)c1cc(-c2cccc(C)c2)ccn1. The third-order valence-electron chi connectivity index (χ3n) is 5.12. The van der Waals surface area contributed by atoms with Gasteiger partial charge in [-0.25, -0.2) is 9.97 Å². The number of hydrogen-bond acceptors (Lipinski definition) is 5. The molecule has 0 aliphatic rings. The van der Waals surface area contributed by atoms with Crippen molar-refractivity contribution in [3.63, 3.8) is 0 Å². The molecule has 31 heavy (non-hydrogen) atoms. The van der Waals surface area contributed by atoms with Crippen molar-refractivity contribution < 1.29 is 9.53 Å². The largest absolute Gasteiger partial charge is 0.466 e. The molecule has 2 aromatic heterocycles. The number of rotatable bonds is 11. The molecule has 0 radical (unpaired) electrons. The van der Waals surface area contributed by atoms with Gasteiger partial charge in [0.1, 0.15) is 11.6 Å². The number of carbonyl (C=O) groups excluding carboxylic acids is 1. The highest BCUT2D eigenvalue weighted by atomic mass is 16.5. The van der Waals surface area contributed by atoms with E-state index in [2.05, 4.69) is 52.1 Å². The van der Waals surface area contributed by atoms with E-state index in [0.29, 0.717) is 13.0 Å². The van der Waals surface area contributed by atoms with Crippen LogP contribution in [0.25, 0.3) is 11.1 Å². The zero-order chi connectivity index (χ0) is 21.9. The van der Waals surface area contributed by atoms with Crippen LogP contribution in [0.5, 0.6) is 0 Å². The lowest BCUT2D eigenvalue weighted by molar-refractivity contribution is -0.143. The maximum absolute atomic E-state index is 11.5. The Morgan fingerprint density at radius 2 is 1.68 bits per heavy atom. The highest BCUT2D eigenvalue weighted by Crippen LogP contribution is 2.27. The Balaban J connectivity index is 1.67. The number of anilines is 2. The molecule has 1 aromatic carbocycles. The molecule has 5 nitrogen and oxygen atoms in total. The van der Waals surface area contributed by atoms with Crippen LogP contribution >= 0.6 is 0 Å². The highest BCUT2D eigenvalue weighted by molar-refractivity contribution is 5.69. The molecule has 5 heteroatoms.